The van der Waals surface area contributed by atoms with Crippen LogP contribution in [0.15, 0.2) is 0 Å². The SMILES string of the molecule is CN(CCCC1CCCCN1)CC1CCCCO1. The lowest BCUT2D eigenvalue weighted by molar-refractivity contribution is -0.00168. The van der Waals surface area contributed by atoms with Crippen molar-refractivity contribution < 1.29 is 4.74 Å². The Labute approximate surface area is 112 Å². The van der Waals surface area contributed by atoms with Crippen LogP contribution in [0.25, 0.3) is 0 Å². The minimum atomic E-state index is 0.497. The lowest BCUT2D eigenvalue weighted by atomic mass is 10.0. The molecular formula is C15H30N2O. The summed E-state index contributed by atoms with van der Waals surface area (Å²) >= 11 is 0. The van der Waals surface area contributed by atoms with Gasteiger partial charge in [0.2, 0.25) is 0 Å². The zero-order chi connectivity index (χ0) is 12.6. The predicted octanol–water partition coefficient (Wildman–Crippen LogP) is 2.41. The van der Waals surface area contributed by atoms with E-state index in [1.165, 1.54) is 64.5 Å². The van der Waals surface area contributed by atoms with E-state index in [1.54, 1.807) is 0 Å². The van der Waals surface area contributed by atoms with Gasteiger partial charge in [0.05, 0.1) is 6.10 Å². The molecular weight excluding hydrogens is 224 g/mol. The molecule has 3 nitrogen and oxygen atoms in total. The largest absolute Gasteiger partial charge is 0.377 e. The second kappa shape index (κ2) is 8.13. The standard InChI is InChI=1S/C15H30N2O/c1-17(13-15-9-3-5-12-18-15)11-6-8-14-7-2-4-10-16-14/h14-16H,2-13H2,1H3. The zero-order valence-electron chi connectivity index (χ0n) is 12.0. The molecule has 0 aliphatic carbocycles. The van der Waals surface area contributed by atoms with Crippen molar-refractivity contribution in [1.29, 1.82) is 0 Å². The molecule has 1 N–H and O–H groups in total. The molecule has 2 aliphatic rings. The summed E-state index contributed by atoms with van der Waals surface area (Å²) in [6, 6.07) is 0.790. The van der Waals surface area contributed by atoms with Gasteiger partial charge in [-0.2, -0.15) is 0 Å². The predicted molar refractivity (Wildman–Crippen MR) is 76.0 cm³/mol. The minimum Gasteiger partial charge on any atom is -0.377 e. The fraction of sp³-hybridized carbons (Fsp3) is 1.00. The average molecular weight is 254 g/mol. The van der Waals surface area contributed by atoms with Gasteiger partial charge in [-0.05, 0) is 65.1 Å². The third kappa shape index (κ3) is 5.25. The maximum atomic E-state index is 5.79. The highest BCUT2D eigenvalue weighted by molar-refractivity contribution is 4.73. The van der Waals surface area contributed by atoms with E-state index in [0.717, 1.165) is 19.2 Å². The number of nitrogens with one attached hydrogen (secondary N) is 1. The third-order valence-electron chi connectivity index (χ3n) is 4.29. The molecule has 2 unspecified atom stereocenters. The summed E-state index contributed by atoms with van der Waals surface area (Å²) in [5.74, 6) is 0. The molecule has 3 heteroatoms. The highest BCUT2D eigenvalue weighted by Crippen LogP contribution is 2.15. The van der Waals surface area contributed by atoms with Crippen molar-refractivity contribution in [2.45, 2.75) is 63.5 Å². The van der Waals surface area contributed by atoms with Crippen LogP contribution in [0, 0.1) is 0 Å². The van der Waals surface area contributed by atoms with Crippen LogP contribution >= 0.6 is 0 Å². The van der Waals surface area contributed by atoms with Crippen LogP contribution in [0.5, 0.6) is 0 Å². The fourth-order valence-corrected chi connectivity index (χ4v) is 3.17. The van der Waals surface area contributed by atoms with Crippen LogP contribution < -0.4 is 5.32 Å². The van der Waals surface area contributed by atoms with Crippen LogP contribution in [0.1, 0.15) is 51.4 Å². The first-order valence-corrected chi connectivity index (χ1v) is 7.88. The Kier molecular flexibility index (Phi) is 6.46. The maximum Gasteiger partial charge on any atom is 0.0701 e. The molecule has 0 aromatic heterocycles. The molecule has 2 saturated heterocycles. The van der Waals surface area contributed by atoms with E-state index in [1.807, 2.05) is 0 Å². The number of hydrogen-bond donors (Lipinski definition) is 1. The van der Waals surface area contributed by atoms with Crippen molar-refractivity contribution in [3.05, 3.63) is 0 Å². The average Bonchev–Trinajstić information content (AvgIpc) is 2.41. The smallest absolute Gasteiger partial charge is 0.0701 e. The van der Waals surface area contributed by atoms with Crippen LogP contribution in [-0.2, 0) is 4.74 Å². The number of hydrogen-bond acceptors (Lipinski definition) is 3. The Morgan fingerprint density at radius 1 is 1.17 bits per heavy atom. The number of piperidine rings is 1. The van der Waals surface area contributed by atoms with Gasteiger partial charge >= 0.3 is 0 Å². The Morgan fingerprint density at radius 3 is 2.78 bits per heavy atom. The molecule has 0 bridgehead atoms. The zero-order valence-corrected chi connectivity index (χ0v) is 12.0. The topological polar surface area (TPSA) is 24.5 Å². The first-order chi connectivity index (χ1) is 8.84. The quantitative estimate of drug-likeness (QED) is 0.788. The molecule has 106 valence electrons. The van der Waals surface area contributed by atoms with E-state index in [4.69, 9.17) is 4.74 Å². The summed E-state index contributed by atoms with van der Waals surface area (Å²) in [7, 11) is 2.24. The Bertz CT molecular complexity index is 211. The highest BCUT2D eigenvalue weighted by Gasteiger charge is 2.16. The van der Waals surface area contributed by atoms with E-state index >= 15 is 0 Å². The van der Waals surface area contributed by atoms with Gasteiger partial charge in [-0.15, -0.1) is 0 Å². The summed E-state index contributed by atoms with van der Waals surface area (Å²) in [5.41, 5.74) is 0. The summed E-state index contributed by atoms with van der Waals surface area (Å²) in [6.45, 7) is 4.55. The number of nitrogens with zero attached hydrogens (tertiary/aromatic N) is 1. The summed E-state index contributed by atoms with van der Waals surface area (Å²) in [4.78, 5) is 2.46. The molecule has 2 aliphatic heterocycles. The van der Waals surface area contributed by atoms with Crippen LogP contribution in [0.4, 0.5) is 0 Å². The van der Waals surface area contributed by atoms with Crippen molar-refractivity contribution in [3.8, 4) is 0 Å². The molecule has 0 aromatic rings. The van der Waals surface area contributed by atoms with Gasteiger partial charge in [0.15, 0.2) is 0 Å². The molecule has 0 spiro atoms. The Balaban J connectivity index is 1.52. The van der Waals surface area contributed by atoms with E-state index in [-0.39, 0.29) is 0 Å². The van der Waals surface area contributed by atoms with E-state index in [9.17, 15) is 0 Å². The molecule has 2 heterocycles. The summed E-state index contributed by atoms with van der Waals surface area (Å²) < 4.78 is 5.79. The molecule has 0 radical (unpaired) electrons. The lowest BCUT2D eigenvalue weighted by Gasteiger charge is -2.28. The molecule has 0 saturated carbocycles. The van der Waals surface area contributed by atoms with E-state index < -0.39 is 0 Å². The first-order valence-electron chi connectivity index (χ1n) is 7.88. The van der Waals surface area contributed by atoms with Crippen molar-refractivity contribution in [3.63, 3.8) is 0 Å². The highest BCUT2D eigenvalue weighted by atomic mass is 16.5. The minimum absolute atomic E-state index is 0.497. The second-order valence-electron chi connectivity index (χ2n) is 6.04. The molecule has 2 fully saturated rings. The summed E-state index contributed by atoms with van der Waals surface area (Å²) in [6.07, 6.45) is 11.2. The van der Waals surface area contributed by atoms with Crippen molar-refractivity contribution in [2.75, 3.05) is 33.3 Å². The molecule has 2 rings (SSSR count). The van der Waals surface area contributed by atoms with Gasteiger partial charge in [-0.1, -0.05) is 6.42 Å². The fourth-order valence-electron chi connectivity index (χ4n) is 3.17. The maximum absolute atomic E-state index is 5.79. The van der Waals surface area contributed by atoms with E-state index in [2.05, 4.69) is 17.3 Å². The lowest BCUT2D eigenvalue weighted by Crippen LogP contribution is -2.36. The molecule has 0 aromatic carbocycles. The van der Waals surface area contributed by atoms with Crippen LogP contribution in [-0.4, -0.2) is 50.3 Å². The number of likely N-dealkylation sites (N-methyl/N-ethyl adjacent to an activating group) is 1. The Hall–Kier alpha value is -0.120. The van der Waals surface area contributed by atoms with Crippen molar-refractivity contribution in [1.82, 2.24) is 10.2 Å². The van der Waals surface area contributed by atoms with Crippen LogP contribution in [0.3, 0.4) is 0 Å². The van der Waals surface area contributed by atoms with Gasteiger partial charge in [0, 0.05) is 19.2 Å². The van der Waals surface area contributed by atoms with Gasteiger partial charge in [0.25, 0.3) is 0 Å². The van der Waals surface area contributed by atoms with Crippen molar-refractivity contribution >= 4 is 0 Å². The van der Waals surface area contributed by atoms with Gasteiger partial charge in [-0.25, -0.2) is 0 Å². The number of ether oxygens (including phenoxy) is 1. The van der Waals surface area contributed by atoms with Gasteiger partial charge in [-0.3, -0.25) is 0 Å². The summed E-state index contributed by atoms with van der Waals surface area (Å²) in [5, 5.41) is 3.63. The Morgan fingerprint density at radius 2 is 2.06 bits per heavy atom. The molecule has 2 atom stereocenters. The number of rotatable bonds is 6. The van der Waals surface area contributed by atoms with Crippen molar-refractivity contribution in [2.24, 2.45) is 0 Å². The van der Waals surface area contributed by atoms with Crippen LogP contribution in [0.2, 0.25) is 0 Å². The second-order valence-corrected chi connectivity index (χ2v) is 6.04. The molecule has 18 heavy (non-hydrogen) atoms. The van der Waals surface area contributed by atoms with Gasteiger partial charge in [0.1, 0.15) is 0 Å². The normalized spacial score (nSPS) is 29.7. The first kappa shape index (κ1) is 14.3. The monoisotopic (exact) mass is 254 g/mol. The molecule has 0 amide bonds. The third-order valence-corrected chi connectivity index (χ3v) is 4.29. The van der Waals surface area contributed by atoms with Gasteiger partial charge < -0.3 is 15.0 Å². The van der Waals surface area contributed by atoms with E-state index in [0.29, 0.717) is 6.10 Å².